The Morgan fingerprint density at radius 1 is 1.31 bits per heavy atom. The molecule has 0 fully saturated rings. The van der Waals surface area contributed by atoms with Crippen LogP contribution in [-0.4, -0.2) is 37.4 Å². The van der Waals surface area contributed by atoms with Crippen molar-refractivity contribution < 1.29 is 9.53 Å². The third-order valence-corrected chi connectivity index (χ3v) is 4.70. The molecule has 1 amide bonds. The molecular formula is C17H17BrClN5O2. The number of amides is 1. The fourth-order valence-corrected chi connectivity index (χ4v) is 2.92. The number of carbonyl (C=O) groups is 1. The Labute approximate surface area is 164 Å². The highest BCUT2D eigenvalue weighted by Gasteiger charge is 2.18. The summed E-state index contributed by atoms with van der Waals surface area (Å²) in [4.78, 5) is 14.2. The summed E-state index contributed by atoms with van der Waals surface area (Å²) in [5, 5.41) is 9.08. The third kappa shape index (κ3) is 4.25. The summed E-state index contributed by atoms with van der Waals surface area (Å²) in [6.45, 7) is 0.621. The first-order valence-corrected chi connectivity index (χ1v) is 8.95. The van der Waals surface area contributed by atoms with Gasteiger partial charge in [-0.05, 0) is 46.3 Å². The molecule has 0 aliphatic carbocycles. The standard InChI is InChI=1S/C17H17BrClN5O2/c1-22(10-16-14(18)9-20-23(16)2)17(25)15-7-8-24(21-15)11-26-13-5-3-12(19)4-6-13/h3-9H,10-11H2,1-2H3. The van der Waals surface area contributed by atoms with E-state index in [-0.39, 0.29) is 12.6 Å². The van der Waals surface area contributed by atoms with Crippen LogP contribution in [-0.2, 0) is 20.3 Å². The molecular weight excluding hydrogens is 422 g/mol. The molecule has 0 N–H and O–H groups in total. The van der Waals surface area contributed by atoms with Crippen molar-refractivity contribution >= 4 is 33.4 Å². The molecule has 26 heavy (non-hydrogen) atoms. The Morgan fingerprint density at radius 3 is 2.69 bits per heavy atom. The van der Waals surface area contributed by atoms with E-state index in [1.807, 2.05) is 7.05 Å². The van der Waals surface area contributed by atoms with Crippen LogP contribution in [0.1, 0.15) is 16.2 Å². The van der Waals surface area contributed by atoms with Crippen molar-refractivity contribution in [2.24, 2.45) is 7.05 Å². The maximum Gasteiger partial charge on any atom is 0.274 e. The number of benzene rings is 1. The molecule has 0 aliphatic rings. The zero-order valence-corrected chi connectivity index (χ0v) is 16.6. The molecule has 9 heteroatoms. The van der Waals surface area contributed by atoms with Crippen molar-refractivity contribution in [1.29, 1.82) is 0 Å². The van der Waals surface area contributed by atoms with Crippen molar-refractivity contribution in [2.45, 2.75) is 13.3 Å². The van der Waals surface area contributed by atoms with Gasteiger partial charge < -0.3 is 9.64 Å². The van der Waals surface area contributed by atoms with E-state index in [0.29, 0.717) is 23.0 Å². The summed E-state index contributed by atoms with van der Waals surface area (Å²) in [6.07, 6.45) is 3.41. The van der Waals surface area contributed by atoms with E-state index in [0.717, 1.165) is 10.2 Å². The molecule has 0 bridgehead atoms. The van der Waals surface area contributed by atoms with Crippen LogP contribution in [0.4, 0.5) is 0 Å². The number of ether oxygens (including phenoxy) is 1. The van der Waals surface area contributed by atoms with Gasteiger partial charge in [0.2, 0.25) is 0 Å². The van der Waals surface area contributed by atoms with Gasteiger partial charge in [0, 0.05) is 25.3 Å². The van der Waals surface area contributed by atoms with E-state index in [9.17, 15) is 4.79 Å². The number of carbonyl (C=O) groups excluding carboxylic acids is 1. The van der Waals surface area contributed by atoms with E-state index < -0.39 is 0 Å². The first-order valence-electron chi connectivity index (χ1n) is 7.77. The van der Waals surface area contributed by atoms with Crippen LogP contribution >= 0.6 is 27.5 Å². The number of rotatable bonds is 6. The smallest absolute Gasteiger partial charge is 0.274 e. The number of hydrogen-bond acceptors (Lipinski definition) is 4. The highest BCUT2D eigenvalue weighted by atomic mass is 79.9. The van der Waals surface area contributed by atoms with Crippen molar-refractivity contribution in [2.75, 3.05) is 7.05 Å². The molecule has 0 saturated carbocycles. The van der Waals surface area contributed by atoms with E-state index in [2.05, 4.69) is 26.1 Å². The van der Waals surface area contributed by atoms with Crippen LogP contribution in [0.5, 0.6) is 5.75 Å². The predicted molar refractivity (Wildman–Crippen MR) is 101 cm³/mol. The van der Waals surface area contributed by atoms with Crippen LogP contribution in [0, 0.1) is 0 Å². The summed E-state index contributed by atoms with van der Waals surface area (Å²) in [6, 6.07) is 8.72. The fraction of sp³-hybridized carbons (Fsp3) is 0.235. The molecule has 0 spiro atoms. The van der Waals surface area contributed by atoms with Gasteiger partial charge in [0.15, 0.2) is 12.4 Å². The molecule has 0 saturated heterocycles. The van der Waals surface area contributed by atoms with Gasteiger partial charge in [0.05, 0.1) is 22.9 Å². The largest absolute Gasteiger partial charge is 0.471 e. The molecule has 0 atom stereocenters. The molecule has 0 unspecified atom stereocenters. The lowest BCUT2D eigenvalue weighted by Crippen LogP contribution is -2.28. The Morgan fingerprint density at radius 2 is 2.04 bits per heavy atom. The molecule has 3 aromatic rings. The van der Waals surface area contributed by atoms with Gasteiger partial charge in [0.1, 0.15) is 5.75 Å². The van der Waals surface area contributed by atoms with E-state index in [1.54, 1.807) is 64.0 Å². The summed E-state index contributed by atoms with van der Waals surface area (Å²) in [5.41, 5.74) is 1.26. The second-order valence-corrected chi connectivity index (χ2v) is 6.98. The lowest BCUT2D eigenvalue weighted by Gasteiger charge is -2.16. The van der Waals surface area contributed by atoms with Crippen molar-refractivity contribution in [3.63, 3.8) is 0 Å². The number of halogens is 2. The van der Waals surface area contributed by atoms with Crippen LogP contribution in [0.25, 0.3) is 0 Å². The normalized spacial score (nSPS) is 10.8. The molecule has 1 aromatic carbocycles. The first kappa shape index (κ1) is 18.5. The molecule has 3 rings (SSSR count). The van der Waals surface area contributed by atoms with Gasteiger partial charge in [-0.3, -0.25) is 9.48 Å². The topological polar surface area (TPSA) is 65.2 Å². The lowest BCUT2D eigenvalue weighted by atomic mass is 10.3. The quantitative estimate of drug-likeness (QED) is 0.592. The van der Waals surface area contributed by atoms with Gasteiger partial charge in [-0.25, -0.2) is 4.68 Å². The number of aryl methyl sites for hydroxylation is 1. The molecule has 0 aliphatic heterocycles. The van der Waals surface area contributed by atoms with Gasteiger partial charge in [-0.15, -0.1) is 0 Å². The zero-order chi connectivity index (χ0) is 18.7. The fourth-order valence-electron chi connectivity index (χ4n) is 2.33. The number of aromatic nitrogens is 4. The highest BCUT2D eigenvalue weighted by molar-refractivity contribution is 9.10. The molecule has 2 heterocycles. The minimum absolute atomic E-state index is 0.177. The maximum atomic E-state index is 12.6. The average molecular weight is 439 g/mol. The van der Waals surface area contributed by atoms with Crippen molar-refractivity contribution in [3.8, 4) is 5.75 Å². The first-order chi connectivity index (χ1) is 12.4. The van der Waals surface area contributed by atoms with Crippen LogP contribution in [0.15, 0.2) is 47.2 Å². The Balaban J connectivity index is 1.61. The Kier molecular flexibility index (Phi) is 5.63. The number of hydrogen-bond donors (Lipinski definition) is 0. The second-order valence-electron chi connectivity index (χ2n) is 5.69. The van der Waals surface area contributed by atoms with Gasteiger partial charge in [-0.1, -0.05) is 11.6 Å². The lowest BCUT2D eigenvalue weighted by molar-refractivity contribution is 0.0773. The minimum Gasteiger partial charge on any atom is -0.471 e. The average Bonchev–Trinajstić information content (AvgIpc) is 3.22. The molecule has 0 radical (unpaired) electrons. The zero-order valence-electron chi connectivity index (χ0n) is 14.3. The molecule has 7 nitrogen and oxygen atoms in total. The van der Waals surface area contributed by atoms with Crippen molar-refractivity contribution in [3.05, 3.63) is 63.6 Å². The van der Waals surface area contributed by atoms with Gasteiger partial charge >= 0.3 is 0 Å². The van der Waals surface area contributed by atoms with E-state index >= 15 is 0 Å². The summed E-state index contributed by atoms with van der Waals surface area (Å²) >= 11 is 9.28. The van der Waals surface area contributed by atoms with Crippen molar-refractivity contribution in [1.82, 2.24) is 24.5 Å². The van der Waals surface area contributed by atoms with Crippen LogP contribution in [0.3, 0.4) is 0 Å². The molecule has 2 aromatic heterocycles. The summed E-state index contributed by atoms with van der Waals surface area (Å²) in [7, 11) is 3.56. The summed E-state index contributed by atoms with van der Waals surface area (Å²) in [5.74, 6) is 0.499. The van der Waals surface area contributed by atoms with Crippen LogP contribution < -0.4 is 4.74 Å². The Bertz CT molecular complexity index is 887. The van der Waals surface area contributed by atoms with E-state index in [1.165, 1.54) is 0 Å². The van der Waals surface area contributed by atoms with Gasteiger partial charge in [-0.2, -0.15) is 10.2 Å². The number of nitrogens with zero attached hydrogens (tertiary/aromatic N) is 5. The molecule has 136 valence electrons. The Hall–Kier alpha value is -2.32. The third-order valence-electron chi connectivity index (χ3n) is 3.78. The minimum atomic E-state index is -0.177. The monoisotopic (exact) mass is 437 g/mol. The SMILES string of the molecule is CN(Cc1c(Br)cnn1C)C(=O)c1ccn(COc2ccc(Cl)cc2)n1. The maximum absolute atomic E-state index is 12.6. The highest BCUT2D eigenvalue weighted by Crippen LogP contribution is 2.18. The predicted octanol–water partition coefficient (Wildman–Crippen LogP) is 3.34. The van der Waals surface area contributed by atoms with E-state index in [4.69, 9.17) is 16.3 Å². The van der Waals surface area contributed by atoms with Crippen LogP contribution in [0.2, 0.25) is 5.02 Å². The van der Waals surface area contributed by atoms with Gasteiger partial charge in [0.25, 0.3) is 5.91 Å². The summed E-state index contributed by atoms with van der Waals surface area (Å²) < 4.78 is 9.77. The second kappa shape index (κ2) is 7.92.